The van der Waals surface area contributed by atoms with Crippen molar-refractivity contribution in [1.29, 1.82) is 0 Å². The Kier molecular flexibility index (Phi) is 6.32. The number of hydrogen-bond donors (Lipinski definition) is 4. The van der Waals surface area contributed by atoms with Crippen molar-refractivity contribution in [1.82, 2.24) is 10.9 Å². The maximum absolute atomic E-state index is 12.8. The van der Waals surface area contributed by atoms with Gasteiger partial charge in [0.15, 0.2) is 5.11 Å². The van der Waals surface area contributed by atoms with Crippen molar-refractivity contribution in [2.24, 2.45) is 0 Å². The van der Waals surface area contributed by atoms with E-state index < -0.39 is 0 Å². The molecule has 0 aliphatic carbocycles. The zero-order chi connectivity index (χ0) is 17.4. The average molecular weight is 348 g/mol. The molecule has 0 spiro atoms. The first-order valence-electron chi connectivity index (χ1n) is 7.06. The normalized spacial score (nSPS) is 9.75. The largest absolute Gasteiger partial charge is 0.497 e. The van der Waals surface area contributed by atoms with Gasteiger partial charge in [0, 0.05) is 17.4 Å². The first-order chi connectivity index (χ1) is 11.6. The number of carbonyl (C=O) groups is 1. The fourth-order valence-electron chi connectivity index (χ4n) is 1.78. The van der Waals surface area contributed by atoms with E-state index in [0.717, 1.165) is 5.69 Å². The predicted octanol–water partition coefficient (Wildman–Crippen LogP) is 2.26. The fourth-order valence-corrected chi connectivity index (χ4v) is 1.95. The summed E-state index contributed by atoms with van der Waals surface area (Å²) in [6.07, 6.45) is 0. The number of carbonyl (C=O) groups excluding carboxylic acids is 1. The van der Waals surface area contributed by atoms with E-state index in [-0.39, 0.29) is 23.4 Å². The van der Waals surface area contributed by atoms with Gasteiger partial charge in [-0.05, 0) is 48.6 Å². The van der Waals surface area contributed by atoms with E-state index in [1.165, 1.54) is 24.3 Å². The zero-order valence-electron chi connectivity index (χ0n) is 12.9. The van der Waals surface area contributed by atoms with Crippen molar-refractivity contribution >= 4 is 34.6 Å². The van der Waals surface area contributed by atoms with Crippen LogP contribution in [0.5, 0.6) is 5.75 Å². The van der Waals surface area contributed by atoms with E-state index in [1.54, 1.807) is 13.2 Å². The number of ether oxygens (including phenoxy) is 1. The molecular weight excluding hydrogens is 331 g/mol. The second-order valence-electron chi connectivity index (χ2n) is 4.72. The number of amides is 1. The summed E-state index contributed by atoms with van der Waals surface area (Å²) in [6.45, 7) is 0.0549. The molecule has 24 heavy (non-hydrogen) atoms. The lowest BCUT2D eigenvalue weighted by atomic mass is 10.3. The van der Waals surface area contributed by atoms with Crippen molar-refractivity contribution in [2.45, 2.75) is 0 Å². The first kappa shape index (κ1) is 17.5. The molecule has 0 saturated heterocycles. The van der Waals surface area contributed by atoms with Crippen molar-refractivity contribution in [2.75, 3.05) is 24.3 Å². The Hall–Kier alpha value is -2.87. The van der Waals surface area contributed by atoms with E-state index in [2.05, 4.69) is 21.5 Å². The van der Waals surface area contributed by atoms with Crippen LogP contribution in [0, 0.1) is 5.82 Å². The van der Waals surface area contributed by atoms with E-state index in [0.29, 0.717) is 11.4 Å². The first-order valence-corrected chi connectivity index (χ1v) is 7.47. The second-order valence-corrected chi connectivity index (χ2v) is 5.13. The average Bonchev–Trinajstić information content (AvgIpc) is 2.60. The molecule has 0 bridgehead atoms. The Morgan fingerprint density at radius 2 is 1.88 bits per heavy atom. The molecule has 0 radical (unpaired) electrons. The van der Waals surface area contributed by atoms with Crippen LogP contribution in [0.25, 0.3) is 0 Å². The lowest BCUT2D eigenvalue weighted by Gasteiger charge is -2.12. The van der Waals surface area contributed by atoms with Crippen LogP contribution < -0.4 is 26.2 Å². The molecule has 0 aliphatic rings. The molecule has 0 heterocycles. The summed E-state index contributed by atoms with van der Waals surface area (Å²) in [6, 6.07) is 12.9. The minimum absolute atomic E-state index is 0.0549. The summed E-state index contributed by atoms with van der Waals surface area (Å²) < 4.78 is 17.9. The van der Waals surface area contributed by atoms with Crippen LogP contribution in [0.4, 0.5) is 15.8 Å². The van der Waals surface area contributed by atoms with E-state index in [1.807, 2.05) is 18.2 Å². The van der Waals surface area contributed by atoms with Crippen LogP contribution in [0.15, 0.2) is 48.5 Å². The fraction of sp³-hybridized carbons (Fsp3) is 0.125. The Labute approximate surface area is 144 Å². The van der Waals surface area contributed by atoms with Crippen molar-refractivity contribution in [3.63, 3.8) is 0 Å². The van der Waals surface area contributed by atoms with Gasteiger partial charge in [0.25, 0.3) is 5.91 Å². The topological polar surface area (TPSA) is 74.4 Å². The molecule has 0 aromatic heterocycles. The molecule has 2 aromatic rings. The third-order valence-electron chi connectivity index (χ3n) is 2.94. The maximum atomic E-state index is 12.8. The van der Waals surface area contributed by atoms with Crippen LogP contribution in [-0.4, -0.2) is 24.7 Å². The number of nitrogens with one attached hydrogen (secondary N) is 4. The molecule has 0 atom stereocenters. The predicted molar refractivity (Wildman–Crippen MR) is 95.4 cm³/mol. The van der Waals surface area contributed by atoms with Gasteiger partial charge in [-0.3, -0.25) is 15.6 Å². The van der Waals surface area contributed by atoms with Gasteiger partial charge in [0.2, 0.25) is 0 Å². The Morgan fingerprint density at radius 3 is 2.58 bits per heavy atom. The summed E-state index contributed by atoms with van der Waals surface area (Å²) in [5.74, 6) is 0.0561. The number of halogens is 1. The van der Waals surface area contributed by atoms with Crippen molar-refractivity contribution in [3.8, 4) is 5.75 Å². The number of benzene rings is 2. The Morgan fingerprint density at radius 1 is 1.12 bits per heavy atom. The Balaban J connectivity index is 1.72. The Bertz CT molecular complexity index is 709. The quantitative estimate of drug-likeness (QED) is 0.491. The van der Waals surface area contributed by atoms with Gasteiger partial charge < -0.3 is 15.4 Å². The molecular formula is C16H17FN4O2S. The van der Waals surface area contributed by atoms with E-state index in [4.69, 9.17) is 17.0 Å². The number of methoxy groups -OCH3 is 1. The summed E-state index contributed by atoms with van der Waals surface area (Å²) >= 11 is 5.03. The number of rotatable bonds is 5. The summed E-state index contributed by atoms with van der Waals surface area (Å²) in [4.78, 5) is 11.8. The number of hydrogen-bond acceptors (Lipinski definition) is 4. The van der Waals surface area contributed by atoms with Crippen LogP contribution in [0.2, 0.25) is 0 Å². The molecule has 2 rings (SSSR count). The summed E-state index contributed by atoms with van der Waals surface area (Å²) in [5, 5.41) is 5.97. The number of anilines is 2. The highest BCUT2D eigenvalue weighted by molar-refractivity contribution is 7.80. The highest BCUT2D eigenvalue weighted by Gasteiger charge is 2.03. The molecule has 8 heteroatoms. The zero-order valence-corrected chi connectivity index (χ0v) is 13.7. The van der Waals surface area contributed by atoms with Crippen LogP contribution in [0.3, 0.4) is 0 Å². The minimum atomic E-state index is -0.337. The SMILES string of the molecule is COc1cccc(NCC(=O)NNC(=S)Nc2ccc(F)cc2)c1. The molecule has 2 aromatic carbocycles. The molecule has 1 amide bonds. The molecule has 0 saturated carbocycles. The molecule has 0 unspecified atom stereocenters. The highest BCUT2D eigenvalue weighted by Crippen LogP contribution is 2.16. The van der Waals surface area contributed by atoms with Gasteiger partial charge in [0.05, 0.1) is 13.7 Å². The third kappa shape index (κ3) is 5.73. The van der Waals surface area contributed by atoms with Gasteiger partial charge in [-0.2, -0.15) is 0 Å². The number of hydrazine groups is 1. The molecule has 4 N–H and O–H groups in total. The lowest BCUT2D eigenvalue weighted by molar-refractivity contribution is -0.119. The minimum Gasteiger partial charge on any atom is -0.497 e. The molecule has 0 aliphatic heterocycles. The van der Waals surface area contributed by atoms with Crippen molar-refractivity contribution in [3.05, 3.63) is 54.3 Å². The summed E-state index contributed by atoms with van der Waals surface area (Å²) in [7, 11) is 1.57. The summed E-state index contributed by atoms with van der Waals surface area (Å²) in [5.41, 5.74) is 6.39. The third-order valence-corrected chi connectivity index (χ3v) is 3.14. The van der Waals surface area contributed by atoms with E-state index in [9.17, 15) is 9.18 Å². The maximum Gasteiger partial charge on any atom is 0.257 e. The highest BCUT2D eigenvalue weighted by atomic mass is 32.1. The molecule has 0 fully saturated rings. The second kappa shape index (κ2) is 8.68. The standard InChI is InChI=1S/C16H17FN4O2S/c1-23-14-4-2-3-13(9-14)18-10-15(22)20-21-16(24)19-12-7-5-11(17)6-8-12/h2-9,18H,10H2,1H3,(H,20,22)(H2,19,21,24). The monoisotopic (exact) mass is 348 g/mol. The van der Waals surface area contributed by atoms with Gasteiger partial charge in [-0.1, -0.05) is 6.07 Å². The molecule has 6 nitrogen and oxygen atoms in total. The smallest absolute Gasteiger partial charge is 0.257 e. The van der Waals surface area contributed by atoms with Crippen LogP contribution in [-0.2, 0) is 4.79 Å². The van der Waals surface area contributed by atoms with Gasteiger partial charge in [0.1, 0.15) is 11.6 Å². The van der Waals surface area contributed by atoms with Crippen LogP contribution in [0.1, 0.15) is 0 Å². The lowest BCUT2D eigenvalue weighted by Crippen LogP contribution is -2.45. The van der Waals surface area contributed by atoms with Crippen molar-refractivity contribution < 1.29 is 13.9 Å². The van der Waals surface area contributed by atoms with Crippen LogP contribution >= 0.6 is 12.2 Å². The van der Waals surface area contributed by atoms with E-state index >= 15 is 0 Å². The van der Waals surface area contributed by atoms with Gasteiger partial charge in [-0.15, -0.1) is 0 Å². The number of thiocarbonyl (C=S) groups is 1. The molecule has 126 valence electrons. The van der Waals surface area contributed by atoms with Gasteiger partial charge in [-0.25, -0.2) is 4.39 Å². The van der Waals surface area contributed by atoms with Gasteiger partial charge >= 0.3 is 0 Å².